The smallest absolute Gasteiger partial charge is 0.234 e. The number of halogens is 2. The van der Waals surface area contributed by atoms with Gasteiger partial charge in [-0.3, -0.25) is 4.79 Å². The lowest BCUT2D eigenvalue weighted by Crippen LogP contribution is -2.18. The van der Waals surface area contributed by atoms with Crippen LogP contribution in [0.25, 0.3) is 0 Å². The maximum absolute atomic E-state index is 12.1. The number of carbonyl (C=O) groups is 1. The third kappa shape index (κ3) is 5.29. The van der Waals surface area contributed by atoms with E-state index >= 15 is 0 Å². The van der Waals surface area contributed by atoms with Crippen molar-refractivity contribution in [1.29, 1.82) is 0 Å². The molecule has 1 aromatic heterocycles. The summed E-state index contributed by atoms with van der Waals surface area (Å²) in [4.78, 5) is 12.1. The number of aromatic nitrogens is 3. The molecule has 1 amide bonds. The van der Waals surface area contributed by atoms with Crippen LogP contribution >= 0.6 is 35.0 Å². The zero-order chi connectivity index (χ0) is 19.2. The fourth-order valence-electron chi connectivity index (χ4n) is 2.07. The highest BCUT2D eigenvalue weighted by molar-refractivity contribution is 7.99. The van der Waals surface area contributed by atoms with Crippen molar-refractivity contribution in [3.63, 3.8) is 0 Å². The van der Waals surface area contributed by atoms with Crippen LogP contribution in [0.1, 0.15) is 5.82 Å². The topological polar surface area (TPSA) is 95.1 Å². The molecule has 0 spiro atoms. The number of rotatable bonds is 7. The van der Waals surface area contributed by atoms with Crippen molar-refractivity contribution in [2.45, 2.75) is 11.8 Å². The number of nitrogens with one attached hydrogen (secondary N) is 1. The Morgan fingerprint density at radius 2 is 1.93 bits per heavy atom. The number of carbonyl (C=O) groups excluding carboxylic acids is 1. The fourth-order valence-corrected chi connectivity index (χ4v) is 3.04. The molecule has 2 aromatic carbocycles. The molecule has 0 aliphatic carbocycles. The van der Waals surface area contributed by atoms with Gasteiger partial charge in [-0.2, -0.15) is 0 Å². The second kappa shape index (κ2) is 8.98. The number of hydrogen-bond donors (Lipinski definition) is 2. The van der Waals surface area contributed by atoms with E-state index in [2.05, 4.69) is 15.5 Å². The molecule has 0 saturated carbocycles. The predicted octanol–water partition coefficient (Wildman–Crippen LogP) is 3.61. The quantitative estimate of drug-likeness (QED) is 0.445. The number of hydrogen-bond acceptors (Lipinski definition) is 6. The lowest BCUT2D eigenvalue weighted by atomic mass is 10.3. The third-order valence-corrected chi connectivity index (χ3v) is 5.06. The van der Waals surface area contributed by atoms with Gasteiger partial charge in [-0.1, -0.05) is 53.2 Å². The summed E-state index contributed by atoms with van der Waals surface area (Å²) in [6.45, 7) is 0.170. The average molecular weight is 424 g/mol. The summed E-state index contributed by atoms with van der Waals surface area (Å²) >= 11 is 12.9. The van der Waals surface area contributed by atoms with Gasteiger partial charge in [0.1, 0.15) is 12.4 Å². The van der Waals surface area contributed by atoms with Gasteiger partial charge >= 0.3 is 0 Å². The summed E-state index contributed by atoms with van der Waals surface area (Å²) in [5.74, 6) is 7.00. The summed E-state index contributed by atoms with van der Waals surface area (Å²) in [6, 6.07) is 14.2. The maximum atomic E-state index is 12.1. The first kappa shape index (κ1) is 19.3. The van der Waals surface area contributed by atoms with Gasteiger partial charge in [-0.15, -0.1) is 10.2 Å². The summed E-state index contributed by atoms with van der Waals surface area (Å²) in [5.41, 5.74) is 0.557. The van der Waals surface area contributed by atoms with E-state index in [0.717, 1.165) is 11.8 Å². The number of nitrogens with zero attached hydrogens (tertiary/aromatic N) is 3. The van der Waals surface area contributed by atoms with Gasteiger partial charge in [0.15, 0.2) is 5.82 Å². The van der Waals surface area contributed by atoms with E-state index in [0.29, 0.717) is 32.5 Å². The van der Waals surface area contributed by atoms with Crippen LogP contribution in [0.3, 0.4) is 0 Å². The molecular formula is C17H15Cl2N5O2S. The molecule has 7 nitrogen and oxygen atoms in total. The predicted molar refractivity (Wildman–Crippen MR) is 107 cm³/mol. The summed E-state index contributed by atoms with van der Waals surface area (Å²) in [5, 5.41) is 11.9. The minimum atomic E-state index is -0.233. The lowest BCUT2D eigenvalue weighted by molar-refractivity contribution is -0.113. The molecule has 3 N–H and O–H groups in total. The molecular weight excluding hydrogens is 409 g/mol. The Morgan fingerprint density at radius 3 is 2.67 bits per heavy atom. The summed E-state index contributed by atoms with van der Waals surface area (Å²) in [7, 11) is 0. The van der Waals surface area contributed by atoms with Crippen molar-refractivity contribution in [3.05, 3.63) is 64.4 Å². The molecule has 27 heavy (non-hydrogen) atoms. The Balaban J connectivity index is 1.52. The zero-order valence-corrected chi connectivity index (χ0v) is 16.3. The van der Waals surface area contributed by atoms with Crippen molar-refractivity contribution in [3.8, 4) is 5.75 Å². The number of benzene rings is 2. The largest absolute Gasteiger partial charge is 0.486 e. The van der Waals surface area contributed by atoms with Crippen LogP contribution in [0, 0.1) is 0 Å². The SMILES string of the molecule is Nn1c(COc2ccccc2)nnc1SCC(=O)Nc1ccc(Cl)c(Cl)c1. The van der Waals surface area contributed by atoms with E-state index in [9.17, 15) is 4.79 Å². The van der Waals surface area contributed by atoms with E-state index in [1.807, 2.05) is 30.3 Å². The number of thioether (sulfide) groups is 1. The second-order valence-electron chi connectivity index (χ2n) is 5.34. The first-order chi connectivity index (χ1) is 13.0. The third-order valence-electron chi connectivity index (χ3n) is 3.38. The molecule has 10 heteroatoms. The highest BCUT2D eigenvalue weighted by Gasteiger charge is 2.13. The summed E-state index contributed by atoms with van der Waals surface area (Å²) in [6.07, 6.45) is 0. The van der Waals surface area contributed by atoms with Crippen molar-refractivity contribution in [2.24, 2.45) is 0 Å². The molecule has 0 saturated heterocycles. The number of nitrogens with two attached hydrogens (primary N) is 1. The molecule has 3 rings (SSSR count). The molecule has 0 fully saturated rings. The number of para-hydroxylation sites is 1. The van der Waals surface area contributed by atoms with Crippen LogP contribution in [-0.4, -0.2) is 26.5 Å². The maximum Gasteiger partial charge on any atom is 0.234 e. The van der Waals surface area contributed by atoms with Crippen LogP contribution < -0.4 is 15.9 Å². The molecule has 0 atom stereocenters. The summed E-state index contributed by atoms with van der Waals surface area (Å²) < 4.78 is 6.90. The minimum absolute atomic E-state index is 0.106. The number of anilines is 1. The van der Waals surface area contributed by atoms with Crippen molar-refractivity contribution < 1.29 is 9.53 Å². The van der Waals surface area contributed by atoms with E-state index in [4.69, 9.17) is 33.8 Å². The van der Waals surface area contributed by atoms with Gasteiger partial charge in [0.05, 0.1) is 15.8 Å². The molecule has 1 heterocycles. The van der Waals surface area contributed by atoms with Gasteiger partial charge in [0.2, 0.25) is 11.1 Å². The van der Waals surface area contributed by atoms with E-state index < -0.39 is 0 Å². The van der Waals surface area contributed by atoms with Crippen LogP contribution in [-0.2, 0) is 11.4 Å². The highest BCUT2D eigenvalue weighted by Crippen LogP contribution is 2.25. The molecule has 0 bridgehead atoms. The first-order valence-corrected chi connectivity index (χ1v) is 9.52. The number of ether oxygens (including phenoxy) is 1. The molecule has 3 aromatic rings. The van der Waals surface area contributed by atoms with Crippen LogP contribution in [0.2, 0.25) is 10.0 Å². The average Bonchev–Trinajstić information content (AvgIpc) is 3.02. The Kier molecular flexibility index (Phi) is 6.44. The van der Waals surface area contributed by atoms with Gasteiger partial charge < -0.3 is 15.9 Å². The molecule has 0 aliphatic heterocycles. The highest BCUT2D eigenvalue weighted by atomic mass is 35.5. The molecule has 0 unspecified atom stereocenters. The Morgan fingerprint density at radius 1 is 1.15 bits per heavy atom. The minimum Gasteiger partial charge on any atom is -0.486 e. The van der Waals surface area contributed by atoms with Crippen LogP contribution in [0.15, 0.2) is 53.7 Å². The van der Waals surface area contributed by atoms with Crippen molar-refractivity contribution in [2.75, 3.05) is 16.9 Å². The van der Waals surface area contributed by atoms with Crippen LogP contribution in [0.5, 0.6) is 5.75 Å². The second-order valence-corrected chi connectivity index (χ2v) is 7.09. The Bertz CT molecular complexity index is 936. The van der Waals surface area contributed by atoms with E-state index in [1.54, 1.807) is 18.2 Å². The van der Waals surface area contributed by atoms with Gasteiger partial charge in [-0.25, -0.2) is 4.68 Å². The van der Waals surface area contributed by atoms with E-state index in [-0.39, 0.29) is 18.3 Å². The van der Waals surface area contributed by atoms with Crippen molar-refractivity contribution in [1.82, 2.24) is 14.9 Å². The number of nitrogen functional groups attached to an aromatic ring is 1. The van der Waals surface area contributed by atoms with Gasteiger partial charge in [0.25, 0.3) is 0 Å². The van der Waals surface area contributed by atoms with Gasteiger partial charge in [-0.05, 0) is 30.3 Å². The van der Waals surface area contributed by atoms with Gasteiger partial charge in [0, 0.05) is 5.69 Å². The van der Waals surface area contributed by atoms with Crippen molar-refractivity contribution >= 4 is 46.6 Å². The molecule has 140 valence electrons. The number of amides is 1. The standard InChI is InChI=1S/C17H15Cl2N5O2S/c18-13-7-6-11(8-14(13)19)21-16(25)10-27-17-23-22-15(24(17)20)9-26-12-4-2-1-3-5-12/h1-8H,9-10,20H2,(H,21,25). The lowest BCUT2D eigenvalue weighted by Gasteiger charge is -2.07. The van der Waals surface area contributed by atoms with Crippen LogP contribution in [0.4, 0.5) is 5.69 Å². The fraction of sp³-hybridized carbons (Fsp3) is 0.118. The first-order valence-electron chi connectivity index (χ1n) is 7.78. The Labute approximate surface area is 169 Å². The monoisotopic (exact) mass is 423 g/mol. The molecule has 0 aliphatic rings. The normalized spacial score (nSPS) is 10.6. The molecule has 0 radical (unpaired) electrons. The van der Waals surface area contributed by atoms with E-state index in [1.165, 1.54) is 4.68 Å². The zero-order valence-electron chi connectivity index (χ0n) is 13.9. The Hall–Kier alpha value is -2.42.